The summed E-state index contributed by atoms with van der Waals surface area (Å²) in [6.07, 6.45) is 6.81. The normalized spacial score (nSPS) is 35.1. The highest BCUT2D eigenvalue weighted by Gasteiger charge is 2.54. The van der Waals surface area contributed by atoms with Gasteiger partial charge in [-0.3, -0.25) is 9.48 Å². The Hall–Kier alpha value is -1.36. The minimum atomic E-state index is 0.123. The molecule has 23 heavy (non-hydrogen) atoms. The van der Waals surface area contributed by atoms with Crippen LogP contribution in [-0.4, -0.2) is 21.7 Å². The number of thiophene rings is 1. The second-order valence-corrected chi connectivity index (χ2v) is 8.80. The highest BCUT2D eigenvalue weighted by Crippen LogP contribution is 2.58. The van der Waals surface area contributed by atoms with E-state index in [-0.39, 0.29) is 5.91 Å². The number of fused-ring (bicyclic) bond motifs is 6. The van der Waals surface area contributed by atoms with Crippen LogP contribution < -0.4 is 5.32 Å². The fourth-order valence-electron chi connectivity index (χ4n) is 5.79. The Balaban J connectivity index is 1.36. The highest BCUT2D eigenvalue weighted by atomic mass is 32.1. The average Bonchev–Trinajstić information content (AvgIpc) is 3.27. The van der Waals surface area contributed by atoms with Gasteiger partial charge in [-0.2, -0.15) is 5.10 Å². The van der Waals surface area contributed by atoms with Gasteiger partial charge < -0.3 is 5.32 Å². The van der Waals surface area contributed by atoms with Gasteiger partial charge in [0.25, 0.3) is 5.91 Å². The van der Waals surface area contributed by atoms with Crippen molar-refractivity contribution in [3.05, 3.63) is 16.6 Å². The van der Waals surface area contributed by atoms with Crippen LogP contribution in [0.25, 0.3) is 10.2 Å². The van der Waals surface area contributed by atoms with Gasteiger partial charge in [-0.25, -0.2) is 0 Å². The van der Waals surface area contributed by atoms with E-state index in [0.717, 1.165) is 44.5 Å². The minimum Gasteiger partial charge on any atom is -0.348 e. The first-order chi connectivity index (χ1) is 11.1. The SMILES string of the molecule is Cc1nn(C)c2sc(C(=O)N[C@@H]3C[C@H]4C[C@H]3[C@@H]3CCC[C@@H]43)cc12. The van der Waals surface area contributed by atoms with E-state index < -0.39 is 0 Å². The molecule has 2 aromatic rings. The lowest BCUT2D eigenvalue weighted by molar-refractivity contribution is 0.0905. The van der Waals surface area contributed by atoms with E-state index in [1.165, 1.54) is 32.1 Å². The van der Waals surface area contributed by atoms with Crippen molar-refractivity contribution in [1.29, 1.82) is 0 Å². The summed E-state index contributed by atoms with van der Waals surface area (Å²) >= 11 is 1.56. The van der Waals surface area contributed by atoms with Crippen LogP contribution in [0.15, 0.2) is 6.07 Å². The van der Waals surface area contributed by atoms with Crippen molar-refractivity contribution in [2.45, 2.75) is 45.1 Å². The van der Waals surface area contributed by atoms with E-state index in [2.05, 4.69) is 10.4 Å². The van der Waals surface area contributed by atoms with Gasteiger partial charge in [0, 0.05) is 18.5 Å². The Kier molecular flexibility index (Phi) is 2.94. The molecule has 0 radical (unpaired) electrons. The van der Waals surface area contributed by atoms with Crippen LogP contribution in [0, 0.1) is 30.6 Å². The Bertz CT molecular complexity index is 757. The maximum atomic E-state index is 12.7. The third-order valence-corrected chi connectivity index (χ3v) is 7.87. The molecule has 5 atom stereocenters. The summed E-state index contributed by atoms with van der Waals surface area (Å²) in [5, 5.41) is 8.90. The van der Waals surface area contributed by atoms with E-state index in [1.54, 1.807) is 11.3 Å². The lowest BCUT2D eigenvalue weighted by Crippen LogP contribution is -2.42. The minimum absolute atomic E-state index is 0.123. The number of carbonyl (C=O) groups excluding carboxylic acids is 1. The van der Waals surface area contributed by atoms with Crippen molar-refractivity contribution in [3.63, 3.8) is 0 Å². The maximum Gasteiger partial charge on any atom is 0.261 e. The molecule has 3 fully saturated rings. The number of amides is 1. The van der Waals surface area contributed by atoms with Gasteiger partial charge in [-0.1, -0.05) is 6.42 Å². The van der Waals surface area contributed by atoms with Crippen molar-refractivity contribution in [2.75, 3.05) is 0 Å². The first-order valence-corrected chi connectivity index (χ1v) is 9.67. The molecule has 0 spiro atoms. The molecule has 2 bridgehead atoms. The number of aromatic nitrogens is 2. The molecule has 4 nitrogen and oxygen atoms in total. The van der Waals surface area contributed by atoms with E-state index in [0.29, 0.717) is 6.04 Å². The number of nitrogens with one attached hydrogen (secondary N) is 1. The molecule has 5 rings (SSSR count). The van der Waals surface area contributed by atoms with Gasteiger partial charge in [0.1, 0.15) is 4.83 Å². The number of hydrogen-bond acceptors (Lipinski definition) is 3. The summed E-state index contributed by atoms with van der Waals surface area (Å²) in [6.45, 7) is 2.01. The van der Waals surface area contributed by atoms with Gasteiger partial charge in [0.2, 0.25) is 0 Å². The van der Waals surface area contributed by atoms with Gasteiger partial charge in [0.15, 0.2) is 0 Å². The maximum absolute atomic E-state index is 12.7. The zero-order chi connectivity index (χ0) is 15.7. The molecule has 3 aliphatic carbocycles. The molecule has 0 aromatic carbocycles. The van der Waals surface area contributed by atoms with Gasteiger partial charge in [-0.15, -0.1) is 11.3 Å². The van der Waals surface area contributed by atoms with Crippen LogP contribution in [0.5, 0.6) is 0 Å². The van der Waals surface area contributed by atoms with Crippen LogP contribution in [0.3, 0.4) is 0 Å². The monoisotopic (exact) mass is 329 g/mol. The van der Waals surface area contributed by atoms with Crippen molar-refractivity contribution < 1.29 is 4.79 Å². The molecule has 1 N–H and O–H groups in total. The number of aryl methyl sites for hydroxylation is 2. The third kappa shape index (κ3) is 1.95. The van der Waals surface area contributed by atoms with Crippen LogP contribution in [0.4, 0.5) is 0 Å². The van der Waals surface area contributed by atoms with Crippen LogP contribution in [-0.2, 0) is 7.05 Å². The van der Waals surface area contributed by atoms with E-state index >= 15 is 0 Å². The molecule has 2 heterocycles. The molecule has 3 aliphatic rings. The summed E-state index contributed by atoms with van der Waals surface area (Å²) in [5.74, 6) is 3.62. The molecule has 1 amide bonds. The van der Waals surface area contributed by atoms with Crippen molar-refractivity contribution in [2.24, 2.45) is 30.7 Å². The van der Waals surface area contributed by atoms with Crippen LogP contribution >= 0.6 is 11.3 Å². The lowest BCUT2D eigenvalue weighted by atomic mass is 9.79. The Labute approximate surface area is 140 Å². The lowest BCUT2D eigenvalue weighted by Gasteiger charge is -2.31. The smallest absolute Gasteiger partial charge is 0.261 e. The second-order valence-electron chi connectivity index (χ2n) is 7.77. The molecular formula is C18H23N3OS. The molecular weight excluding hydrogens is 306 g/mol. The quantitative estimate of drug-likeness (QED) is 0.916. The summed E-state index contributed by atoms with van der Waals surface area (Å²) in [5.41, 5.74) is 1.01. The topological polar surface area (TPSA) is 46.9 Å². The van der Waals surface area contributed by atoms with Gasteiger partial charge >= 0.3 is 0 Å². The molecule has 3 saturated carbocycles. The fourth-order valence-corrected chi connectivity index (χ4v) is 6.82. The Morgan fingerprint density at radius 1 is 1.30 bits per heavy atom. The number of hydrogen-bond donors (Lipinski definition) is 1. The predicted octanol–water partition coefficient (Wildman–Crippen LogP) is 3.50. The van der Waals surface area contributed by atoms with Crippen LogP contribution in [0.2, 0.25) is 0 Å². The number of rotatable bonds is 2. The molecule has 122 valence electrons. The average molecular weight is 329 g/mol. The van der Waals surface area contributed by atoms with Gasteiger partial charge in [-0.05, 0) is 62.3 Å². The predicted molar refractivity (Wildman–Crippen MR) is 91.6 cm³/mol. The van der Waals surface area contributed by atoms with E-state index in [9.17, 15) is 4.79 Å². The van der Waals surface area contributed by atoms with Gasteiger partial charge in [0.05, 0.1) is 10.6 Å². The second kappa shape index (κ2) is 4.82. The standard InChI is InChI=1S/C18H23N3OS/c1-9-13-8-16(23-18(13)21(2)20-9)17(22)19-15-7-10-6-14(15)12-5-3-4-11(10)12/h8,10-12,14-15H,3-7H2,1-2H3,(H,19,22)/t10-,11+,12-,14+,15-/m1/s1. The molecule has 5 heteroatoms. The number of carbonyl (C=O) groups is 1. The first-order valence-electron chi connectivity index (χ1n) is 8.86. The summed E-state index contributed by atoms with van der Waals surface area (Å²) in [6, 6.07) is 2.43. The van der Waals surface area contributed by atoms with Crippen LogP contribution in [0.1, 0.15) is 47.5 Å². The van der Waals surface area contributed by atoms with Crippen molar-refractivity contribution in [1.82, 2.24) is 15.1 Å². The Morgan fingerprint density at radius 3 is 2.96 bits per heavy atom. The highest BCUT2D eigenvalue weighted by molar-refractivity contribution is 7.20. The van der Waals surface area contributed by atoms with Crippen molar-refractivity contribution >= 4 is 27.5 Å². The summed E-state index contributed by atoms with van der Waals surface area (Å²) in [4.78, 5) is 14.7. The Morgan fingerprint density at radius 2 is 2.13 bits per heavy atom. The fraction of sp³-hybridized carbons (Fsp3) is 0.667. The third-order valence-electron chi connectivity index (χ3n) is 6.67. The van der Waals surface area contributed by atoms with Crippen molar-refractivity contribution in [3.8, 4) is 0 Å². The van der Waals surface area contributed by atoms with E-state index in [4.69, 9.17) is 0 Å². The summed E-state index contributed by atoms with van der Waals surface area (Å²) < 4.78 is 1.88. The molecule has 0 saturated heterocycles. The summed E-state index contributed by atoms with van der Waals surface area (Å²) in [7, 11) is 1.95. The zero-order valence-corrected chi connectivity index (χ0v) is 14.5. The first kappa shape index (κ1) is 14.0. The molecule has 0 aliphatic heterocycles. The zero-order valence-electron chi connectivity index (χ0n) is 13.7. The molecule has 2 aromatic heterocycles. The number of nitrogens with zero attached hydrogens (tertiary/aromatic N) is 2. The van der Waals surface area contributed by atoms with E-state index in [1.807, 2.05) is 24.7 Å². The largest absolute Gasteiger partial charge is 0.348 e. The molecule has 0 unspecified atom stereocenters.